The molecule has 0 aromatic rings. The molecule has 0 unspecified atom stereocenters. The van der Waals surface area contributed by atoms with Crippen LogP contribution >= 0.6 is 0 Å². The van der Waals surface area contributed by atoms with Crippen molar-refractivity contribution in [3.05, 3.63) is 0 Å². The first-order chi connectivity index (χ1) is 10.2. The predicted molar refractivity (Wildman–Crippen MR) is 82.4 cm³/mol. The second kappa shape index (κ2) is 6.67. The van der Waals surface area contributed by atoms with E-state index in [2.05, 4.69) is 4.90 Å². The minimum absolute atomic E-state index is 0.126. The molecule has 1 saturated heterocycles. The van der Waals surface area contributed by atoms with Crippen molar-refractivity contribution in [2.45, 2.75) is 50.5 Å². The Morgan fingerprint density at radius 3 is 2.05 bits per heavy atom. The van der Waals surface area contributed by atoms with E-state index in [0.717, 1.165) is 0 Å². The largest absolute Gasteiger partial charge is 0.329 e. The van der Waals surface area contributed by atoms with Crippen LogP contribution < -0.4 is 5.73 Å². The first-order valence-electron chi connectivity index (χ1n) is 8.05. The average molecular weight is 339 g/mol. The number of alkyl halides is 2. The number of halogens is 2. The fourth-order valence-electron chi connectivity index (χ4n) is 3.56. The Morgan fingerprint density at radius 1 is 1.05 bits per heavy atom. The molecular formula is C14H27F2N3O2S. The summed E-state index contributed by atoms with van der Waals surface area (Å²) in [6, 6.07) is 0. The summed E-state index contributed by atoms with van der Waals surface area (Å²) in [6.07, 6.45) is 1.12. The molecule has 22 heavy (non-hydrogen) atoms. The Hall–Kier alpha value is -0.310. The third kappa shape index (κ3) is 3.77. The lowest BCUT2D eigenvalue weighted by Gasteiger charge is -2.50. The zero-order valence-electron chi connectivity index (χ0n) is 13.2. The van der Waals surface area contributed by atoms with Crippen molar-refractivity contribution in [3.63, 3.8) is 0 Å². The molecule has 1 aliphatic carbocycles. The van der Waals surface area contributed by atoms with Gasteiger partial charge in [-0.05, 0) is 19.3 Å². The lowest BCUT2D eigenvalue weighted by Crippen LogP contribution is -2.62. The molecule has 5 nitrogen and oxygen atoms in total. The third-order valence-electron chi connectivity index (χ3n) is 5.06. The van der Waals surface area contributed by atoms with Gasteiger partial charge in [0.15, 0.2) is 0 Å². The summed E-state index contributed by atoms with van der Waals surface area (Å²) in [5.41, 5.74) is 5.52. The maximum atomic E-state index is 13.4. The first kappa shape index (κ1) is 18.0. The van der Waals surface area contributed by atoms with Gasteiger partial charge in [-0.15, -0.1) is 0 Å². The highest BCUT2D eigenvalue weighted by Gasteiger charge is 2.46. The Kier molecular flexibility index (Phi) is 5.46. The van der Waals surface area contributed by atoms with Crippen molar-refractivity contribution in [1.82, 2.24) is 9.21 Å². The van der Waals surface area contributed by atoms with Gasteiger partial charge in [0, 0.05) is 51.1 Å². The molecule has 0 amide bonds. The fraction of sp³-hybridized carbons (Fsp3) is 1.00. The molecule has 0 aromatic heterocycles. The Balaban J connectivity index is 1.98. The lowest BCUT2D eigenvalue weighted by molar-refractivity contribution is -0.0841. The van der Waals surface area contributed by atoms with Crippen molar-refractivity contribution in [2.75, 3.05) is 38.5 Å². The zero-order valence-corrected chi connectivity index (χ0v) is 14.0. The van der Waals surface area contributed by atoms with Gasteiger partial charge in [0.1, 0.15) is 0 Å². The minimum atomic E-state index is -3.18. The van der Waals surface area contributed by atoms with Gasteiger partial charge in [-0.25, -0.2) is 17.2 Å². The Labute approximate surface area is 131 Å². The molecule has 0 radical (unpaired) electrons. The molecule has 130 valence electrons. The van der Waals surface area contributed by atoms with E-state index < -0.39 is 15.9 Å². The number of sulfonamides is 1. The standard InChI is InChI=1S/C14H27F2N3O2S/c1-2-11-22(20,21)19-9-7-18(8-10-19)13(12-17)3-5-14(15,16)6-4-13/h2-12,17H2,1H3. The number of nitrogens with two attached hydrogens (primary N) is 1. The van der Waals surface area contributed by atoms with Gasteiger partial charge in [0.05, 0.1) is 5.75 Å². The van der Waals surface area contributed by atoms with Crippen LogP contribution in [0.1, 0.15) is 39.0 Å². The number of nitrogens with zero attached hydrogens (tertiary/aromatic N) is 2. The van der Waals surface area contributed by atoms with E-state index >= 15 is 0 Å². The van der Waals surface area contributed by atoms with Crippen LogP contribution in [0.5, 0.6) is 0 Å². The molecule has 1 heterocycles. The van der Waals surface area contributed by atoms with Crippen molar-refractivity contribution in [3.8, 4) is 0 Å². The van der Waals surface area contributed by atoms with Crippen molar-refractivity contribution in [2.24, 2.45) is 5.73 Å². The van der Waals surface area contributed by atoms with Gasteiger partial charge in [-0.3, -0.25) is 4.90 Å². The molecule has 0 atom stereocenters. The summed E-state index contributed by atoms with van der Waals surface area (Å²) in [5, 5.41) is 0. The molecule has 0 aromatic carbocycles. The molecule has 2 rings (SSSR count). The lowest BCUT2D eigenvalue weighted by atomic mass is 9.78. The van der Waals surface area contributed by atoms with Crippen LogP contribution in [0.4, 0.5) is 8.78 Å². The molecule has 2 aliphatic rings. The number of hydrogen-bond acceptors (Lipinski definition) is 4. The van der Waals surface area contributed by atoms with E-state index in [1.54, 1.807) is 0 Å². The molecule has 1 aliphatic heterocycles. The first-order valence-corrected chi connectivity index (χ1v) is 9.66. The molecule has 1 saturated carbocycles. The van der Waals surface area contributed by atoms with Gasteiger partial charge in [-0.1, -0.05) is 6.92 Å². The highest BCUT2D eigenvalue weighted by molar-refractivity contribution is 7.89. The number of rotatable bonds is 5. The summed E-state index contributed by atoms with van der Waals surface area (Å²) in [6.45, 7) is 4.21. The maximum absolute atomic E-state index is 13.4. The second-order valence-electron chi connectivity index (χ2n) is 6.49. The number of piperazine rings is 1. The van der Waals surface area contributed by atoms with E-state index in [4.69, 9.17) is 5.73 Å². The third-order valence-corrected chi connectivity index (χ3v) is 7.13. The summed E-state index contributed by atoms with van der Waals surface area (Å²) in [7, 11) is -3.18. The molecule has 0 bridgehead atoms. The van der Waals surface area contributed by atoms with Crippen LogP contribution in [0.15, 0.2) is 0 Å². The topological polar surface area (TPSA) is 66.6 Å². The van der Waals surface area contributed by atoms with E-state index in [-0.39, 0.29) is 24.1 Å². The van der Waals surface area contributed by atoms with Crippen molar-refractivity contribution >= 4 is 10.0 Å². The van der Waals surface area contributed by atoms with E-state index in [9.17, 15) is 17.2 Å². The maximum Gasteiger partial charge on any atom is 0.248 e. The molecule has 8 heteroatoms. The normalized spacial score (nSPS) is 26.9. The predicted octanol–water partition coefficient (Wildman–Crippen LogP) is 1.25. The van der Waals surface area contributed by atoms with Crippen LogP contribution in [0, 0.1) is 0 Å². The van der Waals surface area contributed by atoms with Gasteiger partial charge >= 0.3 is 0 Å². The highest BCUT2D eigenvalue weighted by Crippen LogP contribution is 2.41. The monoisotopic (exact) mass is 339 g/mol. The van der Waals surface area contributed by atoms with Crippen LogP contribution in [0.2, 0.25) is 0 Å². The average Bonchev–Trinajstić information content (AvgIpc) is 2.48. The summed E-state index contributed by atoms with van der Waals surface area (Å²) in [4.78, 5) is 2.14. The van der Waals surface area contributed by atoms with Crippen LogP contribution in [0.3, 0.4) is 0 Å². The smallest absolute Gasteiger partial charge is 0.248 e. The molecule has 0 spiro atoms. The van der Waals surface area contributed by atoms with E-state index in [0.29, 0.717) is 52.0 Å². The number of hydrogen-bond donors (Lipinski definition) is 1. The second-order valence-corrected chi connectivity index (χ2v) is 8.57. The summed E-state index contributed by atoms with van der Waals surface area (Å²) >= 11 is 0. The van der Waals surface area contributed by atoms with Crippen molar-refractivity contribution < 1.29 is 17.2 Å². The van der Waals surface area contributed by atoms with Crippen molar-refractivity contribution in [1.29, 1.82) is 0 Å². The van der Waals surface area contributed by atoms with Gasteiger partial charge in [0.25, 0.3) is 0 Å². The molecule has 2 N–H and O–H groups in total. The highest BCUT2D eigenvalue weighted by atomic mass is 32.2. The van der Waals surface area contributed by atoms with Gasteiger partial charge in [0.2, 0.25) is 15.9 Å². The Morgan fingerprint density at radius 2 is 1.59 bits per heavy atom. The quantitative estimate of drug-likeness (QED) is 0.819. The summed E-state index contributed by atoms with van der Waals surface area (Å²) in [5.74, 6) is -2.41. The Bertz CT molecular complexity index is 466. The van der Waals surface area contributed by atoms with E-state index in [1.807, 2.05) is 6.92 Å². The molecular weight excluding hydrogens is 312 g/mol. The SMILES string of the molecule is CCCS(=O)(=O)N1CCN(C2(CN)CCC(F)(F)CC2)CC1. The summed E-state index contributed by atoms with van der Waals surface area (Å²) < 4.78 is 52.5. The van der Waals surface area contributed by atoms with Gasteiger partial charge in [-0.2, -0.15) is 4.31 Å². The van der Waals surface area contributed by atoms with Gasteiger partial charge < -0.3 is 5.73 Å². The molecule has 2 fully saturated rings. The minimum Gasteiger partial charge on any atom is -0.329 e. The fourth-order valence-corrected chi connectivity index (χ4v) is 5.05. The zero-order chi connectivity index (χ0) is 16.4. The van der Waals surface area contributed by atoms with Crippen LogP contribution in [-0.2, 0) is 10.0 Å². The van der Waals surface area contributed by atoms with E-state index in [1.165, 1.54) is 4.31 Å². The van der Waals surface area contributed by atoms with Crippen LogP contribution in [-0.4, -0.2) is 67.6 Å². The van der Waals surface area contributed by atoms with Crippen LogP contribution in [0.25, 0.3) is 0 Å².